The van der Waals surface area contributed by atoms with Crippen LogP contribution in [0.25, 0.3) is 10.9 Å². The maximum atomic E-state index is 4.29. The average Bonchev–Trinajstić information content (AvgIpc) is 2.89. The van der Waals surface area contributed by atoms with Crippen LogP contribution >= 0.6 is 11.3 Å². The van der Waals surface area contributed by atoms with Gasteiger partial charge in [-0.15, -0.1) is 0 Å². The average molecular weight is 241 g/mol. The fourth-order valence-electron chi connectivity index (χ4n) is 1.72. The van der Waals surface area contributed by atoms with E-state index in [0.29, 0.717) is 0 Å². The quantitative estimate of drug-likeness (QED) is 0.764. The van der Waals surface area contributed by atoms with E-state index in [1.807, 2.05) is 24.3 Å². The monoisotopic (exact) mass is 241 g/mol. The number of benzene rings is 1. The van der Waals surface area contributed by atoms with Crippen LogP contribution in [-0.2, 0) is 6.54 Å². The normalized spacial score (nSPS) is 10.6. The van der Waals surface area contributed by atoms with Gasteiger partial charge in [0.05, 0.1) is 5.52 Å². The van der Waals surface area contributed by atoms with E-state index in [4.69, 9.17) is 0 Å². The van der Waals surface area contributed by atoms with Crippen LogP contribution in [0.3, 0.4) is 0 Å². The third kappa shape index (κ3) is 2.12. The number of para-hydroxylation sites is 1. The first kappa shape index (κ1) is 10.2. The molecule has 0 amide bonds. The molecule has 0 atom stereocenters. The minimum absolute atomic E-state index is 0.796. The zero-order chi connectivity index (χ0) is 11.5. The third-order valence-electron chi connectivity index (χ3n) is 2.58. The van der Waals surface area contributed by atoms with Crippen molar-refractivity contribution in [2.45, 2.75) is 6.54 Å². The molecule has 3 rings (SSSR count). The summed E-state index contributed by atoms with van der Waals surface area (Å²) in [5.74, 6) is 0.891. The first-order valence-electron chi connectivity index (χ1n) is 5.38. The van der Waals surface area contributed by atoms with Crippen LogP contribution < -0.4 is 5.32 Å². The summed E-state index contributed by atoms with van der Waals surface area (Å²) < 4.78 is 0. The SMILES string of the molecule is c1ccc2c(NCc3ccsc3)ncnc2c1. The molecule has 4 heteroatoms. The van der Waals surface area contributed by atoms with E-state index in [9.17, 15) is 0 Å². The van der Waals surface area contributed by atoms with Gasteiger partial charge in [-0.2, -0.15) is 11.3 Å². The number of aromatic nitrogens is 2. The maximum Gasteiger partial charge on any atom is 0.137 e. The fourth-order valence-corrected chi connectivity index (χ4v) is 2.39. The minimum atomic E-state index is 0.796. The standard InChI is InChI=1S/C13H11N3S/c1-2-4-12-11(3-1)13(16-9-15-12)14-7-10-5-6-17-8-10/h1-6,8-9H,7H2,(H,14,15,16). The Hall–Kier alpha value is -1.94. The molecule has 0 saturated carbocycles. The van der Waals surface area contributed by atoms with Gasteiger partial charge in [0.2, 0.25) is 0 Å². The molecule has 0 spiro atoms. The molecule has 0 fully saturated rings. The van der Waals surface area contributed by atoms with Gasteiger partial charge < -0.3 is 5.32 Å². The maximum absolute atomic E-state index is 4.29. The van der Waals surface area contributed by atoms with Gasteiger partial charge >= 0.3 is 0 Å². The van der Waals surface area contributed by atoms with Crippen molar-refractivity contribution in [3.63, 3.8) is 0 Å². The zero-order valence-corrected chi connectivity index (χ0v) is 9.95. The van der Waals surface area contributed by atoms with Gasteiger partial charge in [0.15, 0.2) is 0 Å². The van der Waals surface area contributed by atoms with Crippen molar-refractivity contribution in [2.75, 3.05) is 5.32 Å². The second-order valence-corrected chi connectivity index (χ2v) is 4.50. The predicted molar refractivity (Wildman–Crippen MR) is 71.2 cm³/mol. The first-order chi connectivity index (χ1) is 8.43. The van der Waals surface area contributed by atoms with Gasteiger partial charge in [0, 0.05) is 11.9 Å². The first-order valence-corrected chi connectivity index (χ1v) is 6.32. The Morgan fingerprint density at radius 3 is 2.94 bits per heavy atom. The van der Waals surface area contributed by atoms with Crippen LogP contribution in [0.4, 0.5) is 5.82 Å². The number of fused-ring (bicyclic) bond motifs is 1. The molecule has 0 aliphatic heterocycles. The van der Waals surface area contributed by atoms with Crippen LogP contribution in [0, 0.1) is 0 Å². The Labute approximate surface area is 103 Å². The molecule has 0 aliphatic carbocycles. The Balaban J connectivity index is 1.90. The molecule has 17 heavy (non-hydrogen) atoms. The Kier molecular flexibility index (Phi) is 2.71. The number of hydrogen-bond donors (Lipinski definition) is 1. The molecule has 0 aliphatic rings. The lowest BCUT2D eigenvalue weighted by molar-refractivity contribution is 1.11. The summed E-state index contributed by atoms with van der Waals surface area (Å²) in [5, 5.41) is 8.62. The third-order valence-corrected chi connectivity index (χ3v) is 3.31. The summed E-state index contributed by atoms with van der Waals surface area (Å²) in [6, 6.07) is 10.1. The van der Waals surface area contributed by atoms with Gasteiger partial charge in [0.1, 0.15) is 12.1 Å². The summed E-state index contributed by atoms with van der Waals surface area (Å²) >= 11 is 1.71. The highest BCUT2D eigenvalue weighted by molar-refractivity contribution is 7.07. The number of thiophene rings is 1. The van der Waals surface area contributed by atoms with Crippen LogP contribution in [0.5, 0.6) is 0 Å². The Bertz CT molecular complexity index is 614. The number of nitrogens with zero attached hydrogens (tertiary/aromatic N) is 2. The summed E-state index contributed by atoms with van der Waals surface area (Å²) in [7, 11) is 0. The number of hydrogen-bond acceptors (Lipinski definition) is 4. The van der Waals surface area contributed by atoms with Crippen molar-refractivity contribution in [3.8, 4) is 0 Å². The van der Waals surface area contributed by atoms with E-state index < -0.39 is 0 Å². The van der Waals surface area contributed by atoms with Gasteiger partial charge in [-0.1, -0.05) is 12.1 Å². The van der Waals surface area contributed by atoms with Gasteiger partial charge in [-0.3, -0.25) is 0 Å². The highest BCUT2D eigenvalue weighted by atomic mass is 32.1. The molecular formula is C13H11N3S. The molecule has 84 valence electrons. The Morgan fingerprint density at radius 2 is 2.06 bits per heavy atom. The highest BCUT2D eigenvalue weighted by Crippen LogP contribution is 2.19. The molecule has 0 radical (unpaired) electrons. The largest absolute Gasteiger partial charge is 0.365 e. The Morgan fingerprint density at radius 1 is 1.12 bits per heavy atom. The molecule has 2 aromatic heterocycles. The molecule has 0 saturated heterocycles. The molecule has 0 unspecified atom stereocenters. The molecule has 3 nitrogen and oxygen atoms in total. The van der Waals surface area contributed by atoms with Crippen molar-refractivity contribution < 1.29 is 0 Å². The van der Waals surface area contributed by atoms with Crippen LogP contribution in [0.15, 0.2) is 47.4 Å². The van der Waals surface area contributed by atoms with Gasteiger partial charge in [0.25, 0.3) is 0 Å². The van der Waals surface area contributed by atoms with Gasteiger partial charge in [-0.25, -0.2) is 9.97 Å². The van der Waals surface area contributed by atoms with Crippen molar-refractivity contribution >= 4 is 28.1 Å². The molecule has 2 heterocycles. The smallest absolute Gasteiger partial charge is 0.137 e. The number of nitrogens with one attached hydrogen (secondary N) is 1. The summed E-state index contributed by atoms with van der Waals surface area (Å²) in [6.07, 6.45) is 1.60. The highest BCUT2D eigenvalue weighted by Gasteiger charge is 2.02. The summed E-state index contributed by atoms with van der Waals surface area (Å²) in [4.78, 5) is 8.53. The van der Waals surface area contributed by atoms with Crippen LogP contribution in [0.2, 0.25) is 0 Å². The lowest BCUT2D eigenvalue weighted by Gasteiger charge is -2.06. The molecule has 1 aromatic carbocycles. The molecule has 0 bridgehead atoms. The van der Waals surface area contributed by atoms with E-state index >= 15 is 0 Å². The predicted octanol–water partition coefficient (Wildman–Crippen LogP) is 3.30. The fraction of sp³-hybridized carbons (Fsp3) is 0.0769. The van der Waals surface area contributed by atoms with Crippen molar-refractivity contribution in [1.29, 1.82) is 0 Å². The number of rotatable bonds is 3. The van der Waals surface area contributed by atoms with Crippen molar-refractivity contribution in [2.24, 2.45) is 0 Å². The lowest BCUT2D eigenvalue weighted by atomic mass is 10.2. The second kappa shape index (κ2) is 4.51. The van der Waals surface area contributed by atoms with Crippen LogP contribution in [0.1, 0.15) is 5.56 Å². The van der Waals surface area contributed by atoms with E-state index in [0.717, 1.165) is 23.3 Å². The van der Waals surface area contributed by atoms with Crippen molar-refractivity contribution in [3.05, 3.63) is 53.0 Å². The molecule has 1 N–H and O–H groups in total. The van der Waals surface area contributed by atoms with E-state index in [2.05, 4.69) is 32.1 Å². The number of anilines is 1. The van der Waals surface area contributed by atoms with E-state index in [-0.39, 0.29) is 0 Å². The lowest BCUT2D eigenvalue weighted by Crippen LogP contribution is -2.01. The van der Waals surface area contributed by atoms with Crippen molar-refractivity contribution in [1.82, 2.24) is 9.97 Å². The van der Waals surface area contributed by atoms with Crippen LogP contribution in [-0.4, -0.2) is 9.97 Å². The van der Waals surface area contributed by atoms with Gasteiger partial charge in [-0.05, 0) is 34.5 Å². The van der Waals surface area contributed by atoms with E-state index in [1.54, 1.807) is 17.7 Å². The molecular weight excluding hydrogens is 230 g/mol. The van der Waals surface area contributed by atoms with E-state index in [1.165, 1.54) is 5.56 Å². The minimum Gasteiger partial charge on any atom is -0.365 e. The zero-order valence-electron chi connectivity index (χ0n) is 9.13. The second-order valence-electron chi connectivity index (χ2n) is 3.72. The summed E-state index contributed by atoms with van der Waals surface area (Å²) in [6.45, 7) is 0.796. The summed E-state index contributed by atoms with van der Waals surface area (Å²) in [5.41, 5.74) is 2.24. The molecule has 3 aromatic rings. The topological polar surface area (TPSA) is 37.8 Å².